The van der Waals surface area contributed by atoms with Gasteiger partial charge in [0.1, 0.15) is 0 Å². The number of allylic oxidation sites excluding steroid dienone is 1. The quantitative estimate of drug-likeness (QED) is 0.333. The van der Waals surface area contributed by atoms with Gasteiger partial charge in [0.05, 0.1) is 6.61 Å². The average molecular weight is 205 g/mol. The van der Waals surface area contributed by atoms with Crippen molar-refractivity contribution < 1.29 is 4.52 Å². The highest BCUT2D eigenvalue weighted by molar-refractivity contribution is 7.43. The summed E-state index contributed by atoms with van der Waals surface area (Å²) < 4.78 is 9.43. The Morgan fingerprint density at radius 2 is 2.42 bits per heavy atom. The summed E-state index contributed by atoms with van der Waals surface area (Å²) in [4.78, 5) is 0. The van der Waals surface area contributed by atoms with Crippen LogP contribution in [-0.4, -0.2) is 12.8 Å². The fourth-order valence-electron chi connectivity index (χ4n) is 0.621. The molecule has 0 bridgehead atoms. The highest BCUT2D eigenvalue weighted by Crippen LogP contribution is 2.19. The van der Waals surface area contributed by atoms with Crippen LogP contribution in [-0.2, 0) is 4.52 Å². The van der Waals surface area contributed by atoms with Gasteiger partial charge in [0, 0.05) is 14.9 Å². The van der Waals surface area contributed by atoms with Gasteiger partial charge in [-0.05, 0) is 6.42 Å². The Morgan fingerprint density at radius 3 is 3.08 bits per heavy atom. The van der Waals surface area contributed by atoms with E-state index in [1.54, 1.807) is 0 Å². The summed E-state index contributed by atoms with van der Waals surface area (Å²) in [6, 6.07) is 0. The predicted octanol–water partition coefficient (Wildman–Crippen LogP) is 4.02. The van der Waals surface area contributed by atoms with Gasteiger partial charge in [-0.15, -0.1) is 6.58 Å². The van der Waals surface area contributed by atoms with E-state index < -0.39 is 0 Å². The molecule has 12 heavy (non-hydrogen) atoms. The van der Waals surface area contributed by atoms with Crippen LogP contribution in [0, 0.1) is 0 Å². The molecule has 0 rings (SSSR count). The van der Waals surface area contributed by atoms with Crippen molar-refractivity contribution in [3.05, 3.63) is 12.7 Å². The summed E-state index contributed by atoms with van der Waals surface area (Å²) in [7, 11) is 1.40. The summed E-state index contributed by atoms with van der Waals surface area (Å²) >= 11 is 0. The van der Waals surface area contributed by atoms with Crippen molar-refractivity contribution in [2.24, 2.45) is 4.52 Å². The minimum atomic E-state index is 0.614. The molecular formula is C8H17NOP2. The van der Waals surface area contributed by atoms with Crippen molar-refractivity contribution in [2.75, 3.05) is 12.8 Å². The van der Waals surface area contributed by atoms with Crippen LogP contribution in [0.5, 0.6) is 0 Å². The van der Waals surface area contributed by atoms with Gasteiger partial charge in [-0.25, -0.2) is 4.52 Å². The molecule has 0 saturated carbocycles. The van der Waals surface area contributed by atoms with Gasteiger partial charge < -0.3 is 4.52 Å². The molecule has 0 aliphatic heterocycles. The lowest BCUT2D eigenvalue weighted by atomic mass is 10.3. The first-order chi connectivity index (χ1) is 5.91. The van der Waals surface area contributed by atoms with Crippen LogP contribution in [0.3, 0.4) is 0 Å². The van der Waals surface area contributed by atoms with E-state index >= 15 is 0 Å². The molecule has 0 spiro atoms. The zero-order valence-corrected chi connectivity index (χ0v) is 9.52. The molecule has 0 aromatic heterocycles. The number of hydrogen-bond acceptors (Lipinski definition) is 2. The molecule has 0 heterocycles. The van der Waals surface area contributed by atoms with Crippen LogP contribution in [0.2, 0.25) is 0 Å². The predicted molar refractivity (Wildman–Crippen MR) is 58.2 cm³/mol. The Balaban J connectivity index is 2.97. The fourth-order valence-corrected chi connectivity index (χ4v) is 1.75. The molecule has 0 aromatic rings. The van der Waals surface area contributed by atoms with Crippen LogP contribution < -0.4 is 0 Å². The van der Waals surface area contributed by atoms with Gasteiger partial charge >= 0.3 is 0 Å². The van der Waals surface area contributed by atoms with Gasteiger partial charge in [0.15, 0.2) is 8.60 Å². The molecule has 1 atom stereocenters. The summed E-state index contributed by atoms with van der Waals surface area (Å²) in [5.74, 6) is 0. The van der Waals surface area contributed by atoms with Gasteiger partial charge in [0.2, 0.25) is 0 Å². The van der Waals surface area contributed by atoms with Crippen LogP contribution >= 0.6 is 17.3 Å². The molecule has 0 amide bonds. The van der Waals surface area contributed by atoms with Crippen molar-refractivity contribution in [3.63, 3.8) is 0 Å². The monoisotopic (exact) mass is 205 g/mol. The molecule has 0 aromatic carbocycles. The number of unbranched alkanes of at least 4 members (excludes halogenated alkanes) is 2. The van der Waals surface area contributed by atoms with Crippen LogP contribution in [0.25, 0.3) is 0 Å². The summed E-state index contributed by atoms with van der Waals surface area (Å²) in [6.45, 7) is 6.65. The molecule has 2 nitrogen and oxygen atoms in total. The second kappa shape index (κ2) is 11.2. The highest BCUT2D eigenvalue weighted by atomic mass is 31.1. The van der Waals surface area contributed by atoms with E-state index in [0.717, 1.165) is 27.8 Å². The summed E-state index contributed by atoms with van der Waals surface area (Å²) in [5.41, 5.74) is 0. The number of rotatable bonds is 8. The topological polar surface area (TPSA) is 21.6 Å². The number of nitrogens with zero attached hydrogens (tertiary/aromatic N) is 1. The van der Waals surface area contributed by atoms with Crippen molar-refractivity contribution in [3.8, 4) is 0 Å². The molecule has 0 saturated heterocycles. The maximum absolute atomic E-state index is 5.26. The minimum Gasteiger partial charge on any atom is -0.311 e. The first-order valence-electron chi connectivity index (χ1n) is 4.27. The first-order valence-corrected chi connectivity index (χ1v) is 6.19. The third-order valence-corrected chi connectivity index (χ3v) is 2.91. The Kier molecular flexibility index (Phi) is 11.4. The van der Waals surface area contributed by atoms with E-state index in [0.29, 0.717) is 8.73 Å². The minimum absolute atomic E-state index is 0.614. The van der Waals surface area contributed by atoms with Crippen LogP contribution in [0.4, 0.5) is 0 Å². The molecule has 70 valence electrons. The Labute approximate surface area is 78.6 Å². The van der Waals surface area contributed by atoms with Gasteiger partial charge in [0.25, 0.3) is 0 Å². The van der Waals surface area contributed by atoms with Gasteiger partial charge in [-0.2, -0.15) is 0 Å². The smallest absolute Gasteiger partial charge is 0.175 e. The van der Waals surface area contributed by atoms with Crippen molar-refractivity contribution in [1.82, 2.24) is 0 Å². The molecule has 0 N–H and O–H groups in total. The molecule has 0 fully saturated rings. The van der Waals surface area contributed by atoms with Gasteiger partial charge in [-0.1, -0.05) is 25.8 Å². The maximum atomic E-state index is 5.26. The summed E-state index contributed by atoms with van der Waals surface area (Å²) in [5, 5.41) is 0. The van der Waals surface area contributed by atoms with Crippen LogP contribution in [0.1, 0.15) is 26.2 Å². The first kappa shape index (κ1) is 12.2. The second-order valence-corrected chi connectivity index (χ2v) is 4.32. The van der Waals surface area contributed by atoms with Crippen molar-refractivity contribution in [1.29, 1.82) is 0 Å². The fraction of sp³-hybridized carbons (Fsp3) is 0.750. The standard InChI is InChI=1S/C8H17NOP2/c1-3-5-6-7-10-12-9-11-8-4-2/h4,11H,2-3,5-8H2,1H3. The molecule has 0 aliphatic carbocycles. The largest absolute Gasteiger partial charge is 0.311 e. The molecule has 1 unspecified atom stereocenters. The SMILES string of the molecule is C=CCPN=POCCCCC. The Bertz CT molecular complexity index is 128. The molecule has 0 radical (unpaired) electrons. The highest BCUT2D eigenvalue weighted by Gasteiger charge is 1.84. The summed E-state index contributed by atoms with van der Waals surface area (Å²) in [6.07, 6.45) is 6.52. The lowest BCUT2D eigenvalue weighted by Gasteiger charge is -1.94. The molecule has 4 heteroatoms. The second-order valence-electron chi connectivity index (χ2n) is 2.37. The number of hydrogen-bond donors (Lipinski definition) is 0. The van der Waals surface area contributed by atoms with E-state index in [9.17, 15) is 0 Å². The zero-order chi connectivity index (χ0) is 9.07. The lowest BCUT2D eigenvalue weighted by Crippen LogP contribution is -1.81. The van der Waals surface area contributed by atoms with E-state index in [1.165, 1.54) is 12.8 Å². The zero-order valence-electron chi connectivity index (χ0n) is 7.62. The van der Waals surface area contributed by atoms with E-state index in [2.05, 4.69) is 18.0 Å². The average Bonchev–Trinajstić information content (AvgIpc) is 2.10. The molecule has 0 aliphatic rings. The maximum Gasteiger partial charge on any atom is 0.175 e. The van der Waals surface area contributed by atoms with Crippen molar-refractivity contribution in [2.45, 2.75) is 26.2 Å². The third-order valence-electron chi connectivity index (χ3n) is 1.24. The van der Waals surface area contributed by atoms with E-state index in [1.807, 2.05) is 6.08 Å². The Morgan fingerprint density at radius 1 is 1.58 bits per heavy atom. The van der Waals surface area contributed by atoms with Crippen molar-refractivity contribution >= 4 is 17.3 Å². The van der Waals surface area contributed by atoms with E-state index in [4.69, 9.17) is 4.52 Å². The van der Waals surface area contributed by atoms with Crippen LogP contribution in [0.15, 0.2) is 17.2 Å². The Hall–Kier alpha value is 0.230. The van der Waals surface area contributed by atoms with Gasteiger partial charge in [-0.3, -0.25) is 0 Å². The third kappa shape index (κ3) is 10.2. The normalized spacial score (nSPS) is 11.8. The van der Waals surface area contributed by atoms with E-state index in [-0.39, 0.29) is 0 Å². The lowest BCUT2D eigenvalue weighted by molar-refractivity contribution is 0.352. The molecular weight excluding hydrogens is 188 g/mol.